The Morgan fingerprint density at radius 2 is 1.77 bits per heavy atom. The van der Waals surface area contributed by atoms with Crippen LogP contribution in [0.4, 0.5) is 0 Å². The molecule has 0 bridgehead atoms. The van der Waals surface area contributed by atoms with Gasteiger partial charge < -0.3 is 4.98 Å². The summed E-state index contributed by atoms with van der Waals surface area (Å²) >= 11 is 6.39. The Kier molecular flexibility index (Phi) is 3.15. The Balaban J connectivity index is 1.84. The van der Waals surface area contributed by atoms with Gasteiger partial charge in [-0.15, -0.1) is 0 Å². The summed E-state index contributed by atoms with van der Waals surface area (Å²) in [6, 6.07) is 13.5. The van der Waals surface area contributed by atoms with Crippen molar-refractivity contribution < 1.29 is 9.59 Å². The van der Waals surface area contributed by atoms with Gasteiger partial charge in [0.2, 0.25) is 11.8 Å². The molecular formula is C21H15ClN2O2. The molecule has 1 aliphatic carbocycles. The lowest BCUT2D eigenvalue weighted by Gasteiger charge is -2.25. The van der Waals surface area contributed by atoms with Crippen LogP contribution in [0.2, 0.25) is 5.02 Å². The van der Waals surface area contributed by atoms with Gasteiger partial charge in [0, 0.05) is 21.6 Å². The van der Waals surface area contributed by atoms with Crippen molar-refractivity contribution in [2.45, 2.75) is 12.8 Å². The molecule has 1 saturated heterocycles. The molecule has 5 rings (SSSR count). The highest BCUT2D eigenvalue weighted by Crippen LogP contribution is 2.49. The lowest BCUT2D eigenvalue weighted by Crippen LogP contribution is -2.22. The average molecular weight is 363 g/mol. The number of halogens is 1. The van der Waals surface area contributed by atoms with Crippen LogP contribution in [0, 0.1) is 12.8 Å². The first-order chi connectivity index (χ1) is 12.5. The highest BCUT2D eigenvalue weighted by Gasteiger charge is 2.49. The summed E-state index contributed by atoms with van der Waals surface area (Å²) in [5.41, 5.74) is 5.40. The number of fused-ring (bicyclic) bond motifs is 5. The number of hydrogen-bond donors (Lipinski definition) is 2. The predicted molar refractivity (Wildman–Crippen MR) is 102 cm³/mol. The molecule has 2 amide bonds. The first kappa shape index (κ1) is 15.4. The third kappa shape index (κ3) is 2.02. The van der Waals surface area contributed by atoms with Crippen LogP contribution in [0.5, 0.6) is 0 Å². The van der Waals surface area contributed by atoms with E-state index in [4.69, 9.17) is 11.6 Å². The Bertz CT molecular complexity index is 1140. The smallest absolute Gasteiger partial charge is 0.235 e. The molecule has 2 N–H and O–H groups in total. The van der Waals surface area contributed by atoms with Gasteiger partial charge >= 0.3 is 0 Å². The molecule has 2 heterocycles. The standard InChI is InChI=1S/C21H15ClN2O2/c1-10-6-7-15-13(8-10)17-16(23-15)9-12(11-4-2-3-5-14(11)22)18-19(17)21(26)24-20(18)25/h2-9,18-19,23H,1H3,(H,24,25,26). The van der Waals surface area contributed by atoms with Crippen molar-refractivity contribution in [2.75, 3.05) is 0 Å². The number of aryl methyl sites for hydroxylation is 1. The first-order valence-corrected chi connectivity index (χ1v) is 8.86. The number of nitrogens with one attached hydrogen (secondary N) is 2. The fourth-order valence-electron chi connectivity index (χ4n) is 4.18. The van der Waals surface area contributed by atoms with Crippen molar-refractivity contribution in [3.8, 4) is 0 Å². The largest absolute Gasteiger partial charge is 0.355 e. The summed E-state index contributed by atoms with van der Waals surface area (Å²) in [5.74, 6) is -1.61. The number of aromatic amines is 1. The van der Waals surface area contributed by atoms with Gasteiger partial charge in [-0.05, 0) is 47.9 Å². The highest BCUT2D eigenvalue weighted by atomic mass is 35.5. The zero-order valence-corrected chi connectivity index (χ0v) is 14.7. The van der Waals surface area contributed by atoms with E-state index >= 15 is 0 Å². The maximum atomic E-state index is 12.7. The average Bonchev–Trinajstić information content (AvgIpc) is 3.11. The van der Waals surface area contributed by atoms with E-state index in [1.54, 1.807) is 6.07 Å². The zero-order valence-electron chi connectivity index (χ0n) is 14.0. The Morgan fingerprint density at radius 3 is 2.58 bits per heavy atom. The van der Waals surface area contributed by atoms with Crippen molar-refractivity contribution in [1.82, 2.24) is 10.3 Å². The molecule has 4 nitrogen and oxygen atoms in total. The maximum Gasteiger partial charge on any atom is 0.235 e. The molecule has 128 valence electrons. The summed E-state index contributed by atoms with van der Waals surface area (Å²) in [5, 5.41) is 4.08. The molecule has 5 heteroatoms. The van der Waals surface area contributed by atoms with Crippen molar-refractivity contribution >= 4 is 46.0 Å². The van der Waals surface area contributed by atoms with Crippen LogP contribution in [-0.4, -0.2) is 16.8 Å². The fraction of sp³-hybridized carbons (Fsp3) is 0.143. The van der Waals surface area contributed by atoms with Crippen LogP contribution in [0.15, 0.2) is 42.5 Å². The van der Waals surface area contributed by atoms with Crippen molar-refractivity contribution in [2.24, 2.45) is 5.92 Å². The summed E-state index contributed by atoms with van der Waals surface area (Å²) in [7, 11) is 0. The monoisotopic (exact) mass is 362 g/mol. The van der Waals surface area contributed by atoms with Gasteiger partial charge in [-0.25, -0.2) is 0 Å². The highest BCUT2D eigenvalue weighted by molar-refractivity contribution is 6.33. The molecule has 26 heavy (non-hydrogen) atoms. The van der Waals surface area contributed by atoms with Crippen molar-refractivity contribution in [1.29, 1.82) is 0 Å². The minimum atomic E-state index is -0.561. The predicted octanol–water partition coefficient (Wildman–Crippen LogP) is 4.04. The van der Waals surface area contributed by atoms with Gasteiger partial charge in [-0.2, -0.15) is 0 Å². The van der Waals surface area contributed by atoms with E-state index in [0.717, 1.165) is 38.9 Å². The van der Waals surface area contributed by atoms with Crippen molar-refractivity contribution in [3.63, 3.8) is 0 Å². The Labute approximate surface area is 154 Å². The molecule has 0 spiro atoms. The number of carbonyl (C=O) groups is 2. The molecule has 2 unspecified atom stereocenters. The topological polar surface area (TPSA) is 62.0 Å². The maximum absolute atomic E-state index is 12.7. The van der Waals surface area contributed by atoms with E-state index in [0.29, 0.717) is 5.02 Å². The van der Waals surface area contributed by atoms with E-state index in [1.807, 2.05) is 43.3 Å². The zero-order chi connectivity index (χ0) is 18.0. The molecule has 2 aliphatic rings. The summed E-state index contributed by atoms with van der Waals surface area (Å²) < 4.78 is 0. The molecule has 0 radical (unpaired) electrons. The number of carbonyl (C=O) groups excluding carboxylic acids is 2. The quantitative estimate of drug-likeness (QED) is 0.642. The lowest BCUT2D eigenvalue weighted by molar-refractivity contribution is -0.125. The number of rotatable bonds is 1. The number of imide groups is 1. The van der Waals surface area contributed by atoms with E-state index in [9.17, 15) is 9.59 Å². The lowest BCUT2D eigenvalue weighted by atomic mass is 9.75. The fourth-order valence-corrected chi connectivity index (χ4v) is 4.43. The van der Waals surface area contributed by atoms with Gasteiger partial charge in [-0.3, -0.25) is 14.9 Å². The number of amides is 2. The van der Waals surface area contributed by atoms with Crippen LogP contribution in [0.25, 0.3) is 22.6 Å². The van der Waals surface area contributed by atoms with Gasteiger partial charge in [0.15, 0.2) is 0 Å². The second-order valence-electron chi connectivity index (χ2n) is 6.89. The van der Waals surface area contributed by atoms with Crippen LogP contribution < -0.4 is 5.32 Å². The van der Waals surface area contributed by atoms with E-state index in [1.165, 1.54) is 0 Å². The minimum absolute atomic E-state index is 0.249. The van der Waals surface area contributed by atoms with E-state index < -0.39 is 11.8 Å². The third-order valence-corrected chi connectivity index (χ3v) is 5.63. The van der Waals surface area contributed by atoms with E-state index in [2.05, 4.69) is 16.4 Å². The molecule has 3 aromatic rings. The van der Waals surface area contributed by atoms with Gasteiger partial charge in [0.1, 0.15) is 0 Å². The van der Waals surface area contributed by atoms with E-state index in [-0.39, 0.29) is 11.8 Å². The van der Waals surface area contributed by atoms with Crippen LogP contribution >= 0.6 is 11.6 Å². The number of aromatic nitrogens is 1. The summed E-state index contributed by atoms with van der Waals surface area (Å²) in [6.07, 6.45) is 1.96. The molecule has 1 aromatic heterocycles. The first-order valence-electron chi connectivity index (χ1n) is 8.48. The summed E-state index contributed by atoms with van der Waals surface area (Å²) in [4.78, 5) is 28.7. The minimum Gasteiger partial charge on any atom is -0.355 e. The van der Waals surface area contributed by atoms with Crippen molar-refractivity contribution in [3.05, 3.63) is 69.9 Å². The SMILES string of the molecule is Cc1ccc2[nH]c3c(c2c1)C1C(=O)NC(=O)C1C(c1ccccc1Cl)=C3. The van der Waals surface area contributed by atoms with Crippen LogP contribution in [-0.2, 0) is 9.59 Å². The Hall–Kier alpha value is -2.85. The second-order valence-corrected chi connectivity index (χ2v) is 7.30. The van der Waals surface area contributed by atoms with Crippen LogP contribution in [0.1, 0.15) is 28.3 Å². The molecule has 1 fully saturated rings. The molecule has 1 aliphatic heterocycles. The Morgan fingerprint density at radius 1 is 1.00 bits per heavy atom. The van der Waals surface area contributed by atoms with Gasteiger partial charge in [0.05, 0.1) is 11.8 Å². The summed E-state index contributed by atoms with van der Waals surface area (Å²) in [6.45, 7) is 2.02. The van der Waals surface area contributed by atoms with Crippen LogP contribution in [0.3, 0.4) is 0 Å². The number of hydrogen-bond acceptors (Lipinski definition) is 2. The molecule has 2 atom stereocenters. The molecule has 2 aromatic carbocycles. The van der Waals surface area contributed by atoms with Gasteiger partial charge in [0.25, 0.3) is 0 Å². The second kappa shape index (κ2) is 5.32. The number of benzene rings is 2. The molecular weight excluding hydrogens is 348 g/mol. The number of H-pyrrole nitrogens is 1. The third-order valence-electron chi connectivity index (χ3n) is 5.30. The van der Waals surface area contributed by atoms with Gasteiger partial charge in [-0.1, -0.05) is 41.4 Å². The normalized spacial score (nSPS) is 21.4. The molecule has 0 saturated carbocycles.